The Balaban J connectivity index is 4.15. The maximum absolute atomic E-state index is 13.0. The molecule has 0 saturated heterocycles. The third kappa shape index (κ3) is 49.0. The Morgan fingerprint density at radius 3 is 1.37 bits per heavy atom. The standard InChI is InChI=1S/C57H107N2O7P/c1-6-8-10-12-14-16-18-20-21-22-23-24-25-26-27-28-29-30-31-32-33-34-35-36-37-38-40-42-44-46-48-50-56(61)58-54(53-66-67(63,64)65-52-51-59(3,4)5)57(62)55(60)49-47-45-43-41-39-19-17-15-13-11-9-7-2/h8,10,14,16,20-21,23-24,26-27,54-55,57,60,62H,6-7,9,11-13,15,17-19,22,25,28-53H2,1-5H3,(H-,58,61,63,64)/b10-8-,16-14-,21-20-,24-23-,27-26-. The first-order chi connectivity index (χ1) is 32.4. The Labute approximate surface area is 414 Å². The lowest BCUT2D eigenvalue weighted by molar-refractivity contribution is -0.870. The second-order valence-electron chi connectivity index (χ2n) is 20.0. The van der Waals surface area contributed by atoms with Crippen molar-refractivity contribution in [1.82, 2.24) is 5.32 Å². The molecular formula is C57H107N2O7P. The van der Waals surface area contributed by atoms with Crippen molar-refractivity contribution in [1.29, 1.82) is 0 Å². The van der Waals surface area contributed by atoms with Crippen molar-refractivity contribution in [2.24, 2.45) is 0 Å². The topological polar surface area (TPSA) is 128 Å². The molecule has 0 aliphatic rings. The van der Waals surface area contributed by atoms with E-state index in [1.807, 2.05) is 21.1 Å². The van der Waals surface area contributed by atoms with Crippen LogP contribution in [0, 0.1) is 0 Å². The van der Waals surface area contributed by atoms with E-state index in [1.165, 1.54) is 135 Å². The average Bonchev–Trinajstić information content (AvgIpc) is 3.29. The fraction of sp³-hybridized carbons (Fsp3) is 0.807. The van der Waals surface area contributed by atoms with E-state index in [1.54, 1.807) is 0 Å². The van der Waals surface area contributed by atoms with Gasteiger partial charge in [0.05, 0.1) is 39.9 Å². The third-order valence-corrected chi connectivity index (χ3v) is 13.3. The zero-order valence-electron chi connectivity index (χ0n) is 44.2. The number of unbranched alkanes of at least 4 members (excludes halogenated alkanes) is 26. The molecule has 0 saturated carbocycles. The first-order valence-electron chi connectivity index (χ1n) is 27.7. The molecule has 9 nitrogen and oxygen atoms in total. The number of quaternary nitrogens is 1. The quantitative estimate of drug-likeness (QED) is 0.0240. The molecule has 67 heavy (non-hydrogen) atoms. The van der Waals surface area contributed by atoms with Gasteiger partial charge in [0.15, 0.2) is 0 Å². The van der Waals surface area contributed by atoms with Gasteiger partial charge in [-0.3, -0.25) is 9.36 Å². The van der Waals surface area contributed by atoms with E-state index in [4.69, 9.17) is 9.05 Å². The van der Waals surface area contributed by atoms with Crippen LogP contribution in [0.2, 0.25) is 0 Å². The molecule has 0 bridgehead atoms. The molecule has 1 amide bonds. The van der Waals surface area contributed by atoms with Crippen LogP contribution < -0.4 is 10.2 Å². The predicted octanol–water partition coefficient (Wildman–Crippen LogP) is 14.9. The molecular weight excluding hydrogens is 856 g/mol. The van der Waals surface area contributed by atoms with Crippen molar-refractivity contribution in [3.05, 3.63) is 60.8 Å². The number of nitrogens with one attached hydrogen (secondary N) is 1. The Bertz CT molecular complexity index is 1290. The van der Waals surface area contributed by atoms with Gasteiger partial charge in [-0.25, -0.2) is 0 Å². The lowest BCUT2D eigenvalue weighted by Crippen LogP contribution is -2.51. The fourth-order valence-electron chi connectivity index (χ4n) is 7.99. The summed E-state index contributed by atoms with van der Waals surface area (Å²) >= 11 is 0. The van der Waals surface area contributed by atoms with E-state index in [0.29, 0.717) is 23.9 Å². The number of hydrogen-bond donors (Lipinski definition) is 3. The van der Waals surface area contributed by atoms with Gasteiger partial charge < -0.3 is 34.0 Å². The first kappa shape index (κ1) is 65.2. The van der Waals surface area contributed by atoms with Crippen molar-refractivity contribution >= 4 is 13.7 Å². The monoisotopic (exact) mass is 963 g/mol. The number of likely N-dealkylation sites (N-methyl/N-ethyl adjacent to an activating group) is 1. The third-order valence-electron chi connectivity index (χ3n) is 12.4. The number of allylic oxidation sites excluding steroid dienone is 10. The summed E-state index contributed by atoms with van der Waals surface area (Å²) in [5.74, 6) is -0.279. The van der Waals surface area contributed by atoms with Crippen LogP contribution >= 0.6 is 7.82 Å². The molecule has 0 aliphatic carbocycles. The molecule has 3 N–H and O–H groups in total. The number of amides is 1. The van der Waals surface area contributed by atoms with Crippen LogP contribution in [0.3, 0.4) is 0 Å². The van der Waals surface area contributed by atoms with Gasteiger partial charge in [-0.1, -0.05) is 235 Å². The van der Waals surface area contributed by atoms with Crippen LogP contribution in [0.5, 0.6) is 0 Å². The van der Waals surface area contributed by atoms with E-state index >= 15 is 0 Å². The zero-order chi connectivity index (χ0) is 49.4. The molecule has 392 valence electrons. The molecule has 0 aliphatic heterocycles. The van der Waals surface area contributed by atoms with Crippen LogP contribution in [0.25, 0.3) is 0 Å². The van der Waals surface area contributed by atoms with Crippen molar-refractivity contribution < 1.29 is 38.0 Å². The van der Waals surface area contributed by atoms with E-state index in [9.17, 15) is 24.5 Å². The number of aliphatic hydroxyl groups is 2. The summed E-state index contributed by atoms with van der Waals surface area (Å²) in [5.41, 5.74) is 0. The van der Waals surface area contributed by atoms with E-state index < -0.39 is 32.7 Å². The highest BCUT2D eigenvalue weighted by molar-refractivity contribution is 7.45. The average molecular weight is 963 g/mol. The van der Waals surface area contributed by atoms with Crippen molar-refractivity contribution in [2.75, 3.05) is 40.9 Å². The van der Waals surface area contributed by atoms with E-state index in [0.717, 1.165) is 70.6 Å². The predicted molar refractivity (Wildman–Crippen MR) is 285 cm³/mol. The Hall–Kier alpha value is -1.84. The van der Waals surface area contributed by atoms with Crippen molar-refractivity contribution in [3.8, 4) is 0 Å². The summed E-state index contributed by atoms with van der Waals surface area (Å²) in [6.45, 7) is 4.33. The van der Waals surface area contributed by atoms with Gasteiger partial charge in [0.25, 0.3) is 7.82 Å². The molecule has 0 heterocycles. The number of carbonyl (C=O) groups excluding carboxylic acids is 1. The largest absolute Gasteiger partial charge is 0.756 e. The molecule has 4 atom stereocenters. The zero-order valence-corrected chi connectivity index (χ0v) is 45.1. The number of rotatable bonds is 50. The Morgan fingerprint density at radius 2 is 0.940 bits per heavy atom. The highest BCUT2D eigenvalue weighted by Gasteiger charge is 2.29. The second-order valence-corrected chi connectivity index (χ2v) is 21.5. The second kappa shape index (κ2) is 47.8. The lowest BCUT2D eigenvalue weighted by Gasteiger charge is -2.31. The normalized spacial score (nSPS) is 14.9. The minimum absolute atomic E-state index is 0.0416. The summed E-state index contributed by atoms with van der Waals surface area (Å²) < 4.78 is 23.2. The Kier molecular flexibility index (Phi) is 46.5. The maximum Gasteiger partial charge on any atom is 0.268 e. The van der Waals surface area contributed by atoms with Crippen molar-refractivity contribution in [2.45, 2.75) is 257 Å². The molecule has 10 heteroatoms. The molecule has 0 aromatic rings. The molecule has 4 unspecified atom stereocenters. The summed E-state index contributed by atoms with van der Waals surface area (Å²) in [7, 11) is 1.12. The van der Waals surface area contributed by atoms with Crippen LogP contribution in [0.4, 0.5) is 0 Å². The minimum atomic E-state index is -4.67. The molecule has 0 spiro atoms. The van der Waals surface area contributed by atoms with Crippen LogP contribution in [0.15, 0.2) is 60.8 Å². The molecule has 0 radical (unpaired) electrons. The molecule has 0 aromatic carbocycles. The van der Waals surface area contributed by atoms with Gasteiger partial charge in [0, 0.05) is 6.42 Å². The summed E-state index contributed by atoms with van der Waals surface area (Å²) in [6.07, 6.45) is 59.9. The van der Waals surface area contributed by atoms with Crippen molar-refractivity contribution in [3.63, 3.8) is 0 Å². The smallest absolute Gasteiger partial charge is 0.268 e. The SMILES string of the molecule is CC/C=C\C/C=C\C/C=C\C/C=C\C/C=C\CCCCCCCCCCCCCCCCCC(=O)NC(COP(=O)([O-])OCC[N+](C)(C)C)C(O)C(O)CCCCCCCCCCCCCC. The molecule has 0 fully saturated rings. The van der Waals surface area contributed by atoms with Gasteiger partial charge in [-0.2, -0.15) is 0 Å². The summed E-state index contributed by atoms with van der Waals surface area (Å²) in [5, 5.41) is 24.7. The minimum Gasteiger partial charge on any atom is -0.756 e. The van der Waals surface area contributed by atoms with Gasteiger partial charge in [-0.05, 0) is 57.8 Å². The number of nitrogens with zero attached hydrogens (tertiary/aromatic N) is 1. The summed E-state index contributed by atoms with van der Waals surface area (Å²) in [4.78, 5) is 25.5. The number of aliphatic hydroxyl groups excluding tert-OH is 2. The Morgan fingerprint density at radius 1 is 0.552 bits per heavy atom. The molecule has 0 rings (SSSR count). The molecule has 0 aromatic heterocycles. The van der Waals surface area contributed by atoms with Gasteiger partial charge >= 0.3 is 0 Å². The number of phosphoric acid groups is 1. The van der Waals surface area contributed by atoms with Gasteiger partial charge in [0.2, 0.25) is 5.91 Å². The van der Waals surface area contributed by atoms with Gasteiger partial charge in [0.1, 0.15) is 19.3 Å². The number of phosphoric ester groups is 1. The lowest BCUT2D eigenvalue weighted by atomic mass is 9.99. The maximum atomic E-state index is 13.0. The van der Waals surface area contributed by atoms with Crippen LogP contribution in [0.1, 0.15) is 239 Å². The van der Waals surface area contributed by atoms with E-state index in [2.05, 4.69) is 79.9 Å². The van der Waals surface area contributed by atoms with E-state index in [-0.39, 0.29) is 18.9 Å². The highest BCUT2D eigenvalue weighted by atomic mass is 31.2. The van der Waals surface area contributed by atoms with Crippen LogP contribution in [-0.2, 0) is 18.4 Å². The number of hydrogen-bond acceptors (Lipinski definition) is 7. The first-order valence-corrected chi connectivity index (χ1v) is 29.2. The number of carbonyl (C=O) groups is 1. The summed E-state index contributed by atoms with van der Waals surface area (Å²) in [6, 6.07) is -1.07. The fourth-order valence-corrected chi connectivity index (χ4v) is 8.71. The highest BCUT2D eigenvalue weighted by Crippen LogP contribution is 2.38. The van der Waals surface area contributed by atoms with Crippen LogP contribution in [-0.4, -0.2) is 79.8 Å². The van der Waals surface area contributed by atoms with Gasteiger partial charge in [-0.15, -0.1) is 0 Å².